The van der Waals surface area contributed by atoms with Crippen LogP contribution in [-0.2, 0) is 4.79 Å². The van der Waals surface area contributed by atoms with Crippen LogP contribution < -0.4 is 4.90 Å². The first-order valence-corrected chi connectivity index (χ1v) is 9.26. The van der Waals surface area contributed by atoms with Crippen molar-refractivity contribution in [3.05, 3.63) is 50.6 Å². The molecule has 2 aliphatic rings. The van der Waals surface area contributed by atoms with Gasteiger partial charge >= 0.3 is 5.91 Å². The van der Waals surface area contributed by atoms with Crippen molar-refractivity contribution in [3.8, 4) is 0 Å². The van der Waals surface area contributed by atoms with Crippen LogP contribution in [-0.4, -0.2) is 29.8 Å². The van der Waals surface area contributed by atoms with Crippen molar-refractivity contribution in [1.29, 1.82) is 0 Å². The number of nitrogens with zero attached hydrogens (tertiary/aromatic N) is 2. The summed E-state index contributed by atoms with van der Waals surface area (Å²) in [5.41, 5.74) is 1.20. The molecule has 2 aromatic rings. The average molecular weight is 391 g/mol. The summed E-state index contributed by atoms with van der Waals surface area (Å²) in [4.78, 5) is 29.9. The topological polar surface area (TPSA) is 40.6 Å². The number of fused-ring (bicyclic) bond motifs is 1. The number of rotatable bonds is 3. The highest BCUT2D eigenvalue weighted by molar-refractivity contribution is 9.10. The van der Waals surface area contributed by atoms with E-state index in [4.69, 9.17) is 0 Å². The first-order valence-electron chi connectivity index (χ1n) is 7.59. The van der Waals surface area contributed by atoms with Gasteiger partial charge in [-0.15, -0.1) is 11.3 Å². The van der Waals surface area contributed by atoms with Crippen LogP contribution in [0.2, 0.25) is 0 Å². The second-order valence-corrected chi connectivity index (χ2v) is 7.66. The Morgan fingerprint density at radius 1 is 1.22 bits per heavy atom. The lowest BCUT2D eigenvalue weighted by Gasteiger charge is -2.29. The van der Waals surface area contributed by atoms with E-state index in [1.54, 1.807) is 28.4 Å². The summed E-state index contributed by atoms with van der Waals surface area (Å²) in [5, 5.41) is 2.09. The van der Waals surface area contributed by atoms with Crippen molar-refractivity contribution in [2.24, 2.45) is 0 Å². The number of carbonyl (C=O) groups is 2. The Morgan fingerprint density at radius 2 is 2.09 bits per heavy atom. The van der Waals surface area contributed by atoms with Crippen molar-refractivity contribution in [2.75, 3.05) is 18.1 Å². The van der Waals surface area contributed by atoms with Gasteiger partial charge in [-0.25, -0.2) is 0 Å². The fraction of sp³-hybridized carbons (Fsp3) is 0.294. The SMILES string of the molecule is O=C1C(=O)N(CN2CCC[C@H]2c2cccs2)c2c(Br)cccc21. The molecule has 1 aromatic heterocycles. The highest BCUT2D eigenvalue weighted by Crippen LogP contribution is 2.39. The van der Waals surface area contributed by atoms with Crippen LogP contribution in [0.5, 0.6) is 0 Å². The third-order valence-corrected chi connectivity index (χ3v) is 6.11. The maximum Gasteiger partial charge on any atom is 0.300 e. The van der Waals surface area contributed by atoms with E-state index in [0.29, 0.717) is 24.0 Å². The predicted octanol–water partition coefficient (Wildman–Crippen LogP) is 3.83. The van der Waals surface area contributed by atoms with Gasteiger partial charge in [-0.3, -0.25) is 19.4 Å². The fourth-order valence-electron chi connectivity index (χ4n) is 3.43. The molecule has 2 aliphatic heterocycles. The van der Waals surface area contributed by atoms with E-state index in [1.807, 2.05) is 6.07 Å². The van der Waals surface area contributed by atoms with Crippen molar-refractivity contribution in [3.63, 3.8) is 0 Å². The number of halogens is 1. The summed E-state index contributed by atoms with van der Waals surface area (Å²) in [6.45, 7) is 1.41. The van der Waals surface area contributed by atoms with Gasteiger partial charge in [0.2, 0.25) is 0 Å². The third-order valence-electron chi connectivity index (χ3n) is 4.50. The van der Waals surface area contributed by atoms with Gasteiger partial charge in [-0.05, 0) is 52.4 Å². The Morgan fingerprint density at radius 3 is 2.87 bits per heavy atom. The van der Waals surface area contributed by atoms with Crippen molar-refractivity contribution in [1.82, 2.24) is 4.90 Å². The lowest BCUT2D eigenvalue weighted by atomic mass is 10.1. The number of amides is 1. The number of likely N-dealkylation sites (tertiary alicyclic amines) is 1. The summed E-state index contributed by atoms with van der Waals surface area (Å²) in [6.07, 6.45) is 2.21. The van der Waals surface area contributed by atoms with E-state index in [2.05, 4.69) is 38.3 Å². The van der Waals surface area contributed by atoms with Crippen molar-refractivity contribution < 1.29 is 9.59 Å². The molecule has 23 heavy (non-hydrogen) atoms. The van der Waals surface area contributed by atoms with Crippen LogP contribution in [0.25, 0.3) is 0 Å². The number of ketones is 1. The quantitative estimate of drug-likeness (QED) is 0.747. The lowest BCUT2D eigenvalue weighted by molar-refractivity contribution is -0.114. The Labute approximate surface area is 146 Å². The van der Waals surface area contributed by atoms with Crippen LogP contribution in [0.1, 0.15) is 34.1 Å². The number of benzene rings is 1. The second kappa shape index (κ2) is 5.85. The lowest BCUT2D eigenvalue weighted by Crippen LogP contribution is -2.40. The highest BCUT2D eigenvalue weighted by Gasteiger charge is 2.39. The fourth-order valence-corrected chi connectivity index (χ4v) is 4.90. The molecule has 0 aliphatic carbocycles. The molecule has 3 heterocycles. The first kappa shape index (κ1) is 15.1. The standard InChI is InChI=1S/C17H15BrN2O2S/c18-12-5-1-4-11-15(12)20(17(22)16(11)21)10-19-8-2-6-13(19)14-7-3-9-23-14/h1,3-5,7,9,13H,2,6,8,10H2/t13-/m0/s1. The summed E-state index contributed by atoms with van der Waals surface area (Å²) in [7, 11) is 0. The molecule has 0 spiro atoms. The van der Waals surface area contributed by atoms with Gasteiger partial charge in [-0.1, -0.05) is 12.1 Å². The van der Waals surface area contributed by atoms with E-state index < -0.39 is 11.7 Å². The summed E-state index contributed by atoms with van der Waals surface area (Å²) in [5.74, 6) is -0.836. The monoisotopic (exact) mass is 390 g/mol. The average Bonchev–Trinajstić information content (AvgIpc) is 3.25. The largest absolute Gasteiger partial charge is 0.300 e. The Kier molecular flexibility index (Phi) is 3.83. The number of anilines is 1. The number of hydrogen-bond donors (Lipinski definition) is 0. The molecular formula is C17H15BrN2O2S. The first-order chi connectivity index (χ1) is 11.2. The molecule has 1 saturated heterocycles. The summed E-state index contributed by atoms with van der Waals surface area (Å²) >= 11 is 5.23. The molecular weight excluding hydrogens is 376 g/mol. The Bertz CT molecular complexity index is 775. The molecule has 1 fully saturated rings. The summed E-state index contributed by atoms with van der Waals surface area (Å²) in [6, 6.07) is 9.94. The minimum atomic E-state index is -0.427. The third kappa shape index (κ3) is 2.45. The number of thiophene rings is 1. The van der Waals surface area contributed by atoms with E-state index in [9.17, 15) is 9.59 Å². The van der Waals surface area contributed by atoms with Crippen LogP contribution in [0.3, 0.4) is 0 Å². The van der Waals surface area contributed by atoms with Crippen LogP contribution in [0, 0.1) is 0 Å². The summed E-state index contributed by atoms with van der Waals surface area (Å²) < 4.78 is 0.793. The Balaban J connectivity index is 1.65. The number of carbonyl (C=O) groups excluding carboxylic acids is 2. The molecule has 6 heteroatoms. The van der Waals surface area contributed by atoms with Gasteiger partial charge in [0.15, 0.2) is 0 Å². The van der Waals surface area contributed by atoms with Gasteiger partial charge < -0.3 is 0 Å². The molecule has 0 unspecified atom stereocenters. The van der Waals surface area contributed by atoms with Gasteiger partial charge in [0, 0.05) is 21.9 Å². The zero-order valence-electron chi connectivity index (χ0n) is 12.4. The minimum Gasteiger partial charge on any atom is -0.290 e. The van der Waals surface area contributed by atoms with Crippen molar-refractivity contribution in [2.45, 2.75) is 18.9 Å². The number of hydrogen-bond acceptors (Lipinski definition) is 4. The smallest absolute Gasteiger partial charge is 0.290 e. The van der Waals surface area contributed by atoms with E-state index in [-0.39, 0.29) is 0 Å². The maximum absolute atomic E-state index is 12.4. The van der Waals surface area contributed by atoms with E-state index in [0.717, 1.165) is 23.9 Å². The molecule has 1 aromatic carbocycles. The predicted molar refractivity (Wildman–Crippen MR) is 93.8 cm³/mol. The molecule has 0 saturated carbocycles. The molecule has 4 rings (SSSR count). The number of Topliss-reactive ketones (excluding diaryl/α,β-unsaturated/α-hetero) is 1. The molecule has 1 atom stereocenters. The van der Waals surface area contributed by atoms with E-state index >= 15 is 0 Å². The van der Waals surface area contributed by atoms with Crippen LogP contribution in [0.15, 0.2) is 40.2 Å². The van der Waals surface area contributed by atoms with Gasteiger partial charge in [0.05, 0.1) is 17.9 Å². The Hall–Kier alpha value is -1.50. The van der Waals surface area contributed by atoms with Crippen LogP contribution in [0.4, 0.5) is 5.69 Å². The zero-order chi connectivity index (χ0) is 16.0. The highest BCUT2D eigenvalue weighted by atomic mass is 79.9. The minimum absolute atomic E-state index is 0.337. The van der Waals surface area contributed by atoms with Gasteiger partial charge in [-0.2, -0.15) is 0 Å². The molecule has 0 bridgehead atoms. The van der Waals surface area contributed by atoms with E-state index in [1.165, 1.54) is 4.88 Å². The molecule has 0 radical (unpaired) electrons. The zero-order valence-corrected chi connectivity index (χ0v) is 14.8. The second-order valence-electron chi connectivity index (χ2n) is 5.83. The van der Waals surface area contributed by atoms with Crippen LogP contribution >= 0.6 is 27.3 Å². The molecule has 118 valence electrons. The maximum atomic E-state index is 12.4. The van der Waals surface area contributed by atoms with Gasteiger partial charge in [0.1, 0.15) is 0 Å². The molecule has 0 N–H and O–H groups in total. The van der Waals surface area contributed by atoms with Crippen molar-refractivity contribution >= 4 is 44.6 Å². The number of para-hydroxylation sites is 1. The normalized spacial score (nSPS) is 21.3. The van der Waals surface area contributed by atoms with Gasteiger partial charge in [0.25, 0.3) is 5.78 Å². The molecule has 4 nitrogen and oxygen atoms in total. The molecule has 1 amide bonds.